The van der Waals surface area contributed by atoms with E-state index in [1.54, 1.807) is 12.4 Å². The van der Waals surface area contributed by atoms with E-state index in [4.69, 9.17) is 14.5 Å². The number of benzene rings is 2. The normalized spacial score (nSPS) is 17.0. The highest BCUT2D eigenvalue weighted by molar-refractivity contribution is 7.90. The number of nitrogens with zero attached hydrogens (tertiary/aromatic N) is 3. The Balaban J connectivity index is 1.32. The average molecular weight is 646 g/mol. The molecule has 4 aromatic rings. The number of alkyl carbamates (subject to hydrolysis) is 1. The number of sulfone groups is 1. The number of hydrogen-bond donors (Lipinski definition) is 2. The van der Waals surface area contributed by atoms with Gasteiger partial charge in [0, 0.05) is 29.9 Å². The fourth-order valence-electron chi connectivity index (χ4n) is 5.77. The summed E-state index contributed by atoms with van der Waals surface area (Å²) in [4.78, 5) is 26.0. The highest BCUT2D eigenvalue weighted by Crippen LogP contribution is 2.38. The molecule has 2 aromatic carbocycles. The van der Waals surface area contributed by atoms with Crippen molar-refractivity contribution in [3.63, 3.8) is 0 Å². The first-order valence-corrected chi connectivity index (χ1v) is 17.7. The van der Waals surface area contributed by atoms with Gasteiger partial charge in [0.2, 0.25) is 11.8 Å². The third kappa shape index (κ3) is 8.51. The molecular weight excluding hydrogens is 602 g/mol. The molecule has 1 aliphatic rings. The topological polar surface area (TPSA) is 132 Å². The van der Waals surface area contributed by atoms with E-state index in [0.717, 1.165) is 47.6 Å². The molecule has 0 unspecified atom stereocenters. The second-order valence-electron chi connectivity index (χ2n) is 12.9. The molecule has 2 N–H and O–H groups in total. The van der Waals surface area contributed by atoms with Crippen LogP contribution < -0.4 is 15.4 Å². The van der Waals surface area contributed by atoms with E-state index in [1.165, 1.54) is 0 Å². The zero-order chi connectivity index (χ0) is 32.9. The van der Waals surface area contributed by atoms with Crippen molar-refractivity contribution in [2.75, 3.05) is 11.1 Å². The van der Waals surface area contributed by atoms with Gasteiger partial charge < -0.3 is 20.1 Å². The summed E-state index contributed by atoms with van der Waals surface area (Å²) in [5, 5.41) is 8.10. The standard InChI is InChI=1S/C35H43N5O5S/c1-6-21-46(42,43)22-24-9-7-10-28-27(24)17-12-23(2)31(28)44-32-29(11-8-19-36-32)30-18-20-37-33(40-30)38-25-13-15-26(16-14-25)39-34(41)45-35(3,4)5/h7-12,17-20,25-26H,6,13-16,21-22H2,1-5H3,(H,39,41)(H,37,38,40). The lowest BCUT2D eigenvalue weighted by Crippen LogP contribution is -2.42. The van der Waals surface area contributed by atoms with Crippen LogP contribution in [-0.2, 0) is 20.3 Å². The third-order valence-corrected chi connectivity index (χ3v) is 9.65. The lowest BCUT2D eigenvalue weighted by atomic mass is 9.91. The summed E-state index contributed by atoms with van der Waals surface area (Å²) in [6, 6.07) is 15.4. The molecule has 5 rings (SSSR count). The molecule has 2 aromatic heterocycles. The zero-order valence-electron chi connectivity index (χ0n) is 27.2. The van der Waals surface area contributed by atoms with Crippen LogP contribution in [0.1, 0.15) is 70.9 Å². The maximum absolute atomic E-state index is 12.7. The van der Waals surface area contributed by atoms with Crippen molar-refractivity contribution >= 4 is 32.7 Å². The SMILES string of the molecule is CCCS(=O)(=O)Cc1cccc2c(Oc3ncccc3-c3ccnc(NC4CCC(NC(=O)OC(C)(C)C)CC4)n3)c(C)ccc12. The van der Waals surface area contributed by atoms with Gasteiger partial charge in [-0.25, -0.2) is 28.2 Å². The van der Waals surface area contributed by atoms with Gasteiger partial charge >= 0.3 is 6.09 Å². The highest BCUT2D eigenvalue weighted by atomic mass is 32.2. The molecule has 1 saturated carbocycles. The Hall–Kier alpha value is -4.25. The number of carbonyl (C=O) groups excluding carboxylic acids is 1. The van der Waals surface area contributed by atoms with Gasteiger partial charge in [-0.2, -0.15) is 0 Å². The number of amides is 1. The van der Waals surface area contributed by atoms with Crippen molar-refractivity contribution in [3.05, 3.63) is 72.1 Å². The minimum absolute atomic E-state index is 0.0197. The van der Waals surface area contributed by atoms with Crippen LogP contribution in [0.5, 0.6) is 11.6 Å². The summed E-state index contributed by atoms with van der Waals surface area (Å²) in [6.07, 6.45) is 6.96. The monoisotopic (exact) mass is 645 g/mol. The van der Waals surface area contributed by atoms with Gasteiger partial charge in [-0.1, -0.05) is 37.3 Å². The van der Waals surface area contributed by atoms with Crippen molar-refractivity contribution in [3.8, 4) is 22.9 Å². The summed E-state index contributed by atoms with van der Waals surface area (Å²) < 4.78 is 37.2. The number of aryl methyl sites for hydroxylation is 1. The molecule has 1 amide bonds. The largest absolute Gasteiger partial charge is 0.444 e. The number of fused-ring (bicyclic) bond motifs is 1. The molecule has 46 heavy (non-hydrogen) atoms. The quantitative estimate of drug-likeness (QED) is 0.181. The third-order valence-electron chi connectivity index (χ3n) is 7.87. The highest BCUT2D eigenvalue weighted by Gasteiger charge is 2.25. The fraction of sp³-hybridized carbons (Fsp3) is 0.429. The number of anilines is 1. The van der Waals surface area contributed by atoms with Crippen molar-refractivity contribution in [2.24, 2.45) is 0 Å². The maximum atomic E-state index is 12.7. The van der Waals surface area contributed by atoms with Crippen molar-refractivity contribution in [1.29, 1.82) is 0 Å². The minimum Gasteiger partial charge on any atom is -0.444 e. The van der Waals surface area contributed by atoms with E-state index in [-0.39, 0.29) is 29.7 Å². The number of pyridine rings is 1. The molecule has 10 nitrogen and oxygen atoms in total. The number of nitrogens with one attached hydrogen (secondary N) is 2. The molecule has 0 bridgehead atoms. The van der Waals surface area contributed by atoms with Gasteiger partial charge in [0.25, 0.3) is 0 Å². The predicted octanol–water partition coefficient (Wildman–Crippen LogP) is 7.37. The predicted molar refractivity (Wildman–Crippen MR) is 181 cm³/mol. The summed E-state index contributed by atoms with van der Waals surface area (Å²) in [7, 11) is -3.22. The first-order chi connectivity index (χ1) is 21.9. The summed E-state index contributed by atoms with van der Waals surface area (Å²) in [6.45, 7) is 9.40. The van der Waals surface area contributed by atoms with Gasteiger partial charge in [0.05, 0.1) is 22.8 Å². The van der Waals surface area contributed by atoms with E-state index in [9.17, 15) is 13.2 Å². The lowest BCUT2D eigenvalue weighted by Gasteiger charge is -2.30. The fourth-order valence-corrected chi connectivity index (χ4v) is 7.26. The molecule has 1 aliphatic carbocycles. The van der Waals surface area contributed by atoms with Gasteiger partial charge in [-0.15, -0.1) is 0 Å². The lowest BCUT2D eigenvalue weighted by molar-refractivity contribution is 0.0492. The Kier molecular flexibility index (Phi) is 10.1. The van der Waals surface area contributed by atoms with Crippen LogP contribution in [-0.4, -0.2) is 52.9 Å². The van der Waals surface area contributed by atoms with E-state index in [1.807, 2.05) is 83.1 Å². The van der Waals surface area contributed by atoms with Crippen LogP contribution in [0.25, 0.3) is 22.0 Å². The molecular formula is C35H43N5O5S. The second-order valence-corrected chi connectivity index (χ2v) is 15.1. The van der Waals surface area contributed by atoms with Crippen LogP contribution in [0.2, 0.25) is 0 Å². The zero-order valence-corrected chi connectivity index (χ0v) is 28.0. The van der Waals surface area contributed by atoms with E-state index in [2.05, 4.69) is 20.6 Å². The Morgan fingerprint density at radius 2 is 1.70 bits per heavy atom. The Labute approximate surface area is 271 Å². The number of rotatable bonds is 10. The van der Waals surface area contributed by atoms with Crippen LogP contribution in [0.3, 0.4) is 0 Å². The van der Waals surface area contributed by atoms with E-state index >= 15 is 0 Å². The summed E-state index contributed by atoms with van der Waals surface area (Å²) in [5.74, 6) is 1.65. The van der Waals surface area contributed by atoms with Crippen molar-refractivity contribution in [2.45, 2.75) is 90.2 Å². The summed E-state index contributed by atoms with van der Waals surface area (Å²) >= 11 is 0. The number of aromatic nitrogens is 3. The Morgan fingerprint density at radius 3 is 2.43 bits per heavy atom. The van der Waals surface area contributed by atoms with Crippen molar-refractivity contribution < 1.29 is 22.7 Å². The van der Waals surface area contributed by atoms with E-state index < -0.39 is 15.4 Å². The second kappa shape index (κ2) is 14.0. The molecule has 0 saturated heterocycles. The first-order valence-electron chi connectivity index (χ1n) is 15.8. The van der Waals surface area contributed by atoms with Crippen LogP contribution in [0, 0.1) is 6.92 Å². The number of carbonyl (C=O) groups is 1. The molecule has 2 heterocycles. The molecule has 0 radical (unpaired) electrons. The maximum Gasteiger partial charge on any atom is 0.407 e. The summed E-state index contributed by atoms with van der Waals surface area (Å²) in [5.41, 5.74) is 2.49. The molecule has 11 heteroatoms. The van der Waals surface area contributed by atoms with E-state index in [0.29, 0.717) is 35.3 Å². The Bertz CT molecular complexity index is 1800. The average Bonchev–Trinajstić information content (AvgIpc) is 2.99. The van der Waals surface area contributed by atoms with Crippen LogP contribution in [0.4, 0.5) is 10.7 Å². The van der Waals surface area contributed by atoms with Gasteiger partial charge in [-0.05, 0) is 94.5 Å². The molecule has 0 aliphatic heterocycles. The molecule has 0 spiro atoms. The van der Waals surface area contributed by atoms with Gasteiger partial charge in [0.1, 0.15) is 11.4 Å². The van der Waals surface area contributed by atoms with Gasteiger partial charge in [-0.3, -0.25) is 0 Å². The molecule has 244 valence electrons. The van der Waals surface area contributed by atoms with Crippen LogP contribution >= 0.6 is 0 Å². The first kappa shape index (κ1) is 33.1. The van der Waals surface area contributed by atoms with Gasteiger partial charge in [0.15, 0.2) is 9.84 Å². The van der Waals surface area contributed by atoms with Crippen molar-refractivity contribution in [1.82, 2.24) is 20.3 Å². The smallest absolute Gasteiger partial charge is 0.407 e. The molecule has 1 fully saturated rings. The molecule has 0 atom stereocenters. The Morgan fingerprint density at radius 1 is 0.935 bits per heavy atom. The number of ether oxygens (including phenoxy) is 2. The minimum atomic E-state index is -3.22. The number of hydrogen-bond acceptors (Lipinski definition) is 9. The van der Waals surface area contributed by atoms with Crippen LogP contribution in [0.15, 0.2) is 60.9 Å².